The summed E-state index contributed by atoms with van der Waals surface area (Å²) >= 11 is 0. The number of hydrogen-bond donors (Lipinski definition) is 1. The first kappa shape index (κ1) is 22.1. The van der Waals surface area contributed by atoms with E-state index in [1.807, 2.05) is 0 Å². The van der Waals surface area contributed by atoms with E-state index >= 15 is 0 Å². The van der Waals surface area contributed by atoms with Crippen LogP contribution in [-0.2, 0) is 9.53 Å². The average molecular weight is 461 g/mol. The van der Waals surface area contributed by atoms with Gasteiger partial charge in [-0.3, -0.25) is 24.5 Å². The number of benzene rings is 2. The number of nitrogens with one attached hydrogen (secondary N) is 1. The maximum absolute atomic E-state index is 12.8. The summed E-state index contributed by atoms with van der Waals surface area (Å²) in [5.74, 6) is -2.92. The first-order valence-corrected chi connectivity index (χ1v) is 9.78. The molecular formula is C23H15N3O8. The van der Waals surface area contributed by atoms with Crippen LogP contribution in [0.5, 0.6) is 0 Å². The summed E-state index contributed by atoms with van der Waals surface area (Å²) in [5.41, 5.74) is -0.379. The van der Waals surface area contributed by atoms with Gasteiger partial charge in [-0.15, -0.1) is 0 Å². The molecule has 11 heteroatoms. The number of nitrogens with zero attached hydrogens (tertiary/aromatic N) is 2. The number of carbonyl (C=O) groups excluding carboxylic acids is 4. The van der Waals surface area contributed by atoms with Crippen LogP contribution in [0.2, 0.25) is 0 Å². The van der Waals surface area contributed by atoms with Gasteiger partial charge < -0.3 is 14.5 Å². The van der Waals surface area contributed by atoms with Crippen LogP contribution in [0, 0.1) is 10.1 Å². The van der Waals surface area contributed by atoms with Crippen molar-refractivity contribution in [3.8, 4) is 0 Å². The normalized spacial score (nSPS) is 12.9. The quantitative estimate of drug-likeness (QED) is 0.186. The minimum absolute atomic E-state index is 0.0762. The van der Waals surface area contributed by atoms with Gasteiger partial charge in [0.1, 0.15) is 11.5 Å². The van der Waals surface area contributed by atoms with Gasteiger partial charge in [0.15, 0.2) is 6.73 Å². The van der Waals surface area contributed by atoms with Gasteiger partial charge in [-0.2, -0.15) is 0 Å². The van der Waals surface area contributed by atoms with Crippen molar-refractivity contribution in [3.63, 3.8) is 0 Å². The summed E-state index contributed by atoms with van der Waals surface area (Å²) in [5, 5.41) is 13.3. The molecule has 0 fully saturated rings. The average Bonchev–Trinajstić information content (AvgIpc) is 3.44. The second-order valence-corrected chi connectivity index (χ2v) is 6.98. The third-order valence-corrected chi connectivity index (χ3v) is 4.82. The lowest BCUT2D eigenvalue weighted by molar-refractivity contribution is -0.384. The van der Waals surface area contributed by atoms with Gasteiger partial charge in [0.05, 0.1) is 22.3 Å². The molecule has 0 aliphatic carbocycles. The van der Waals surface area contributed by atoms with Gasteiger partial charge in [-0.1, -0.05) is 18.2 Å². The van der Waals surface area contributed by atoms with Crippen molar-refractivity contribution >= 4 is 35.5 Å². The van der Waals surface area contributed by atoms with Crippen molar-refractivity contribution in [1.29, 1.82) is 0 Å². The van der Waals surface area contributed by atoms with E-state index in [4.69, 9.17) is 9.15 Å². The highest BCUT2D eigenvalue weighted by atomic mass is 16.6. The fourth-order valence-corrected chi connectivity index (χ4v) is 3.17. The summed E-state index contributed by atoms with van der Waals surface area (Å²) < 4.78 is 10.3. The van der Waals surface area contributed by atoms with Crippen molar-refractivity contribution in [3.05, 3.63) is 105 Å². The van der Waals surface area contributed by atoms with Crippen LogP contribution in [0.1, 0.15) is 36.8 Å². The molecule has 0 saturated carbocycles. The van der Waals surface area contributed by atoms with E-state index in [2.05, 4.69) is 5.32 Å². The second-order valence-electron chi connectivity index (χ2n) is 6.98. The Morgan fingerprint density at radius 3 is 2.35 bits per heavy atom. The van der Waals surface area contributed by atoms with Gasteiger partial charge in [0.2, 0.25) is 0 Å². The predicted octanol–water partition coefficient (Wildman–Crippen LogP) is 2.76. The molecule has 3 amide bonds. The number of amides is 3. The van der Waals surface area contributed by atoms with Crippen LogP contribution < -0.4 is 5.32 Å². The second kappa shape index (κ2) is 9.20. The minimum atomic E-state index is -1.06. The van der Waals surface area contributed by atoms with Gasteiger partial charge >= 0.3 is 5.97 Å². The van der Waals surface area contributed by atoms with E-state index in [1.54, 1.807) is 18.2 Å². The molecule has 3 aromatic rings. The molecule has 1 N–H and O–H groups in total. The van der Waals surface area contributed by atoms with Crippen LogP contribution in [0.25, 0.3) is 6.08 Å². The zero-order valence-corrected chi connectivity index (χ0v) is 17.3. The molecule has 11 nitrogen and oxygen atoms in total. The molecule has 0 spiro atoms. The zero-order chi connectivity index (χ0) is 24.2. The standard InChI is InChI=1S/C23H15N3O8/c27-20(14-5-3-6-15(11-14)26(31)32)24-19(12-16-7-4-10-33-16)23(30)34-13-25-21(28)17-8-1-2-9-18(17)22(25)29/h1-12H,13H2,(H,24,27)/b19-12-. The van der Waals surface area contributed by atoms with Gasteiger partial charge in [-0.25, -0.2) is 9.69 Å². The topological polar surface area (TPSA) is 149 Å². The molecule has 0 saturated heterocycles. The van der Waals surface area contributed by atoms with E-state index in [-0.39, 0.29) is 33.8 Å². The first-order chi connectivity index (χ1) is 16.3. The first-order valence-electron chi connectivity index (χ1n) is 9.78. The zero-order valence-electron chi connectivity index (χ0n) is 17.3. The van der Waals surface area contributed by atoms with Crippen molar-refractivity contribution in [2.24, 2.45) is 0 Å². The molecule has 0 unspecified atom stereocenters. The highest BCUT2D eigenvalue weighted by molar-refractivity contribution is 6.21. The lowest BCUT2D eigenvalue weighted by atomic mass is 10.1. The Kier molecular flexibility index (Phi) is 5.99. The molecule has 0 bridgehead atoms. The number of esters is 1. The Hall–Kier alpha value is -5.06. The minimum Gasteiger partial charge on any atom is -0.465 e. The fourth-order valence-electron chi connectivity index (χ4n) is 3.17. The number of furan rings is 1. The number of carbonyl (C=O) groups is 4. The number of nitro benzene ring substituents is 1. The van der Waals surface area contributed by atoms with E-state index < -0.39 is 35.3 Å². The summed E-state index contributed by atoms with van der Waals surface area (Å²) in [7, 11) is 0. The molecule has 34 heavy (non-hydrogen) atoms. The SMILES string of the molecule is O=C(OCN1C(=O)c2ccccc2C1=O)/C(=C/c1ccco1)NC(=O)c1cccc([N+](=O)[O-])c1. The van der Waals surface area contributed by atoms with Crippen LogP contribution >= 0.6 is 0 Å². The number of hydrogen-bond acceptors (Lipinski definition) is 8. The number of fused-ring (bicyclic) bond motifs is 1. The summed E-state index contributed by atoms with van der Waals surface area (Å²) in [6.07, 6.45) is 2.52. The van der Waals surface area contributed by atoms with E-state index in [1.165, 1.54) is 48.7 Å². The van der Waals surface area contributed by atoms with E-state index in [0.29, 0.717) is 0 Å². The smallest absolute Gasteiger partial charge is 0.356 e. The number of ether oxygens (including phenoxy) is 1. The van der Waals surface area contributed by atoms with E-state index in [9.17, 15) is 29.3 Å². The summed E-state index contributed by atoms with van der Waals surface area (Å²) in [4.78, 5) is 61.4. The van der Waals surface area contributed by atoms with E-state index in [0.717, 1.165) is 11.0 Å². The number of imide groups is 1. The van der Waals surface area contributed by atoms with Crippen LogP contribution in [0.3, 0.4) is 0 Å². The molecule has 1 aliphatic rings. The monoisotopic (exact) mass is 461 g/mol. The van der Waals surface area contributed by atoms with Crippen LogP contribution in [0.4, 0.5) is 5.69 Å². The highest BCUT2D eigenvalue weighted by Crippen LogP contribution is 2.22. The predicted molar refractivity (Wildman–Crippen MR) is 115 cm³/mol. The molecule has 2 aromatic carbocycles. The Balaban J connectivity index is 1.51. The lowest BCUT2D eigenvalue weighted by Crippen LogP contribution is -2.35. The summed E-state index contributed by atoms with van der Waals surface area (Å²) in [6, 6.07) is 14.2. The molecular weight excluding hydrogens is 446 g/mol. The lowest BCUT2D eigenvalue weighted by Gasteiger charge is -2.15. The molecule has 0 radical (unpaired) electrons. The van der Waals surface area contributed by atoms with Crippen molar-refractivity contribution in [2.45, 2.75) is 0 Å². The number of nitro groups is 1. The van der Waals surface area contributed by atoms with Gasteiger partial charge in [0.25, 0.3) is 23.4 Å². The molecule has 4 rings (SSSR count). The largest absolute Gasteiger partial charge is 0.465 e. The van der Waals surface area contributed by atoms with Gasteiger partial charge in [0, 0.05) is 23.8 Å². The number of non-ortho nitro benzene ring substituents is 1. The number of rotatable bonds is 7. The van der Waals surface area contributed by atoms with Gasteiger partial charge in [-0.05, 0) is 30.3 Å². The molecule has 0 atom stereocenters. The Morgan fingerprint density at radius 2 is 1.74 bits per heavy atom. The van der Waals surface area contributed by atoms with Crippen molar-refractivity contribution < 1.29 is 33.3 Å². The maximum Gasteiger partial charge on any atom is 0.356 e. The molecule has 1 aromatic heterocycles. The van der Waals surface area contributed by atoms with Crippen LogP contribution in [-0.4, -0.2) is 40.2 Å². The fraction of sp³-hybridized carbons (Fsp3) is 0.0435. The Labute approximate surface area is 191 Å². The Morgan fingerprint density at radius 1 is 1.03 bits per heavy atom. The third-order valence-electron chi connectivity index (χ3n) is 4.82. The summed E-state index contributed by atoms with van der Waals surface area (Å²) in [6.45, 7) is -0.687. The molecule has 1 aliphatic heterocycles. The molecule has 2 heterocycles. The van der Waals surface area contributed by atoms with Crippen molar-refractivity contribution in [2.75, 3.05) is 6.73 Å². The third kappa shape index (κ3) is 4.43. The van der Waals surface area contributed by atoms with Crippen molar-refractivity contribution in [1.82, 2.24) is 10.2 Å². The molecule has 170 valence electrons. The highest BCUT2D eigenvalue weighted by Gasteiger charge is 2.36. The maximum atomic E-state index is 12.8. The Bertz CT molecular complexity index is 1310. The van der Waals surface area contributed by atoms with Crippen LogP contribution in [0.15, 0.2) is 77.0 Å².